The van der Waals surface area contributed by atoms with Gasteiger partial charge in [0.2, 0.25) is 0 Å². The van der Waals surface area contributed by atoms with Crippen LogP contribution in [0.3, 0.4) is 0 Å². The molecule has 0 heterocycles. The van der Waals surface area contributed by atoms with E-state index in [-0.39, 0.29) is 11.6 Å². The molecule has 1 aromatic rings. The first-order chi connectivity index (χ1) is 12.5. The minimum absolute atomic E-state index is 0.0192. The summed E-state index contributed by atoms with van der Waals surface area (Å²) in [5.74, 6) is -1.33. The second-order valence-electron chi connectivity index (χ2n) is 6.38. The van der Waals surface area contributed by atoms with E-state index in [1.807, 2.05) is 5.92 Å². The molecule has 1 aliphatic carbocycles. The Labute approximate surface area is 159 Å². The fourth-order valence-electron chi connectivity index (χ4n) is 3.44. The van der Waals surface area contributed by atoms with Gasteiger partial charge in [0.25, 0.3) is 0 Å². The normalized spacial score (nSPS) is 17.0. The number of carboxylic acids is 1. The Balaban J connectivity index is 2.53. The highest BCUT2D eigenvalue weighted by molar-refractivity contribution is 6.32. The van der Waals surface area contributed by atoms with E-state index in [1.165, 1.54) is 6.92 Å². The molecule has 0 spiro atoms. The molecule has 2 rings (SSSR count). The number of carbonyl (C=O) groups is 2. The van der Waals surface area contributed by atoms with Gasteiger partial charge in [-0.3, -0.25) is 9.69 Å². The SMILES string of the molecule is C#CC(=O)N(c1ccc(OC(F)(F)F)c(Cl)c1)C(C)(C(=O)O)C1CCCC1. The molecule has 0 radical (unpaired) electrons. The first-order valence-electron chi connectivity index (χ1n) is 8.10. The Kier molecular flexibility index (Phi) is 5.95. The molecule has 27 heavy (non-hydrogen) atoms. The first kappa shape index (κ1) is 20.9. The summed E-state index contributed by atoms with van der Waals surface area (Å²) >= 11 is 5.85. The van der Waals surface area contributed by atoms with E-state index in [4.69, 9.17) is 18.0 Å². The van der Waals surface area contributed by atoms with Gasteiger partial charge in [-0.05, 0) is 49.8 Å². The van der Waals surface area contributed by atoms with Crippen molar-refractivity contribution in [2.75, 3.05) is 4.90 Å². The molecular formula is C18H17ClF3NO4. The van der Waals surface area contributed by atoms with Gasteiger partial charge in [-0.25, -0.2) is 4.79 Å². The number of amides is 1. The zero-order valence-corrected chi connectivity index (χ0v) is 15.1. The van der Waals surface area contributed by atoms with Crippen molar-refractivity contribution in [3.05, 3.63) is 23.2 Å². The first-order valence-corrected chi connectivity index (χ1v) is 8.48. The Morgan fingerprint density at radius 2 is 1.93 bits per heavy atom. The van der Waals surface area contributed by atoms with Gasteiger partial charge < -0.3 is 9.84 Å². The Morgan fingerprint density at radius 1 is 1.33 bits per heavy atom. The summed E-state index contributed by atoms with van der Waals surface area (Å²) in [6.07, 6.45) is 3.06. The third-order valence-electron chi connectivity index (χ3n) is 4.77. The third kappa shape index (κ3) is 4.30. The van der Waals surface area contributed by atoms with Crippen LogP contribution < -0.4 is 9.64 Å². The zero-order valence-electron chi connectivity index (χ0n) is 14.3. The predicted octanol–water partition coefficient (Wildman–Crippen LogP) is 4.24. The second kappa shape index (κ2) is 7.69. The molecule has 1 aliphatic rings. The number of anilines is 1. The topological polar surface area (TPSA) is 66.8 Å². The summed E-state index contributed by atoms with van der Waals surface area (Å²) in [6, 6.07) is 3.07. The number of carboxylic acid groups (broad SMARTS) is 1. The van der Waals surface area contributed by atoms with Gasteiger partial charge in [-0.1, -0.05) is 24.4 Å². The van der Waals surface area contributed by atoms with Gasteiger partial charge in [-0.2, -0.15) is 0 Å². The number of carbonyl (C=O) groups excluding carboxylic acids is 1. The number of aliphatic carboxylic acids is 1. The Bertz CT molecular complexity index is 784. The van der Waals surface area contributed by atoms with Gasteiger partial charge in [0.1, 0.15) is 11.3 Å². The molecule has 1 unspecified atom stereocenters. The van der Waals surface area contributed by atoms with Crippen LogP contribution in [-0.2, 0) is 9.59 Å². The van der Waals surface area contributed by atoms with Crippen LogP contribution in [0, 0.1) is 18.3 Å². The lowest BCUT2D eigenvalue weighted by Gasteiger charge is -2.41. The summed E-state index contributed by atoms with van der Waals surface area (Å²) in [7, 11) is 0. The average Bonchev–Trinajstić information content (AvgIpc) is 3.10. The summed E-state index contributed by atoms with van der Waals surface area (Å²) in [4.78, 5) is 25.4. The minimum atomic E-state index is -4.95. The van der Waals surface area contributed by atoms with Crippen LogP contribution in [0.2, 0.25) is 5.02 Å². The van der Waals surface area contributed by atoms with E-state index >= 15 is 0 Å². The van der Waals surface area contributed by atoms with Gasteiger partial charge >= 0.3 is 18.2 Å². The van der Waals surface area contributed by atoms with Crippen molar-refractivity contribution in [1.29, 1.82) is 0 Å². The summed E-state index contributed by atoms with van der Waals surface area (Å²) in [5, 5.41) is 9.45. The highest BCUT2D eigenvalue weighted by Crippen LogP contribution is 2.42. The molecule has 1 N–H and O–H groups in total. The van der Waals surface area contributed by atoms with Crippen LogP contribution in [0.4, 0.5) is 18.9 Å². The molecule has 1 aromatic carbocycles. The number of benzene rings is 1. The number of hydrogen-bond donors (Lipinski definition) is 1. The second-order valence-corrected chi connectivity index (χ2v) is 6.79. The minimum Gasteiger partial charge on any atom is -0.479 e. The maximum atomic E-state index is 12.4. The quantitative estimate of drug-likeness (QED) is 0.747. The number of rotatable bonds is 5. The van der Waals surface area contributed by atoms with Crippen LogP contribution in [0.5, 0.6) is 5.75 Å². The number of nitrogens with zero attached hydrogens (tertiary/aromatic N) is 1. The molecule has 1 fully saturated rings. The lowest BCUT2D eigenvalue weighted by molar-refractivity contribution is -0.274. The molecule has 0 bridgehead atoms. The summed E-state index contributed by atoms with van der Waals surface area (Å²) in [5.41, 5.74) is -1.69. The molecule has 0 aliphatic heterocycles. The Hall–Kier alpha value is -2.40. The molecule has 1 atom stereocenters. The van der Waals surface area contributed by atoms with Crippen LogP contribution in [0.15, 0.2) is 18.2 Å². The highest BCUT2D eigenvalue weighted by atomic mass is 35.5. The van der Waals surface area contributed by atoms with Crippen LogP contribution in [0.1, 0.15) is 32.6 Å². The van der Waals surface area contributed by atoms with Crippen molar-refractivity contribution in [3.63, 3.8) is 0 Å². The largest absolute Gasteiger partial charge is 0.573 e. The van der Waals surface area contributed by atoms with Crippen LogP contribution in [0.25, 0.3) is 0 Å². The summed E-state index contributed by atoms with van der Waals surface area (Å²) < 4.78 is 41.0. The molecular weight excluding hydrogens is 387 g/mol. The van der Waals surface area contributed by atoms with E-state index in [9.17, 15) is 27.9 Å². The van der Waals surface area contributed by atoms with E-state index in [0.717, 1.165) is 35.9 Å². The van der Waals surface area contributed by atoms with Crippen molar-refractivity contribution in [2.24, 2.45) is 5.92 Å². The van der Waals surface area contributed by atoms with Crippen LogP contribution in [-0.4, -0.2) is 28.9 Å². The van der Waals surface area contributed by atoms with Crippen molar-refractivity contribution in [1.82, 2.24) is 0 Å². The molecule has 1 amide bonds. The average molecular weight is 404 g/mol. The fraction of sp³-hybridized carbons (Fsp3) is 0.444. The maximum absolute atomic E-state index is 12.4. The summed E-state index contributed by atoms with van der Waals surface area (Å²) in [6.45, 7) is 1.38. The van der Waals surface area contributed by atoms with Crippen molar-refractivity contribution < 1.29 is 32.6 Å². The number of hydrogen-bond acceptors (Lipinski definition) is 3. The molecule has 0 aromatic heterocycles. The van der Waals surface area contributed by atoms with E-state index in [2.05, 4.69) is 4.74 Å². The van der Waals surface area contributed by atoms with Crippen molar-refractivity contribution in [3.8, 4) is 18.1 Å². The number of halogens is 4. The lowest BCUT2D eigenvalue weighted by atomic mass is 9.82. The Morgan fingerprint density at radius 3 is 2.37 bits per heavy atom. The highest BCUT2D eigenvalue weighted by Gasteiger charge is 2.50. The van der Waals surface area contributed by atoms with Gasteiger partial charge in [0.15, 0.2) is 0 Å². The maximum Gasteiger partial charge on any atom is 0.573 e. The number of terminal acetylenes is 1. The van der Waals surface area contributed by atoms with Gasteiger partial charge in [0, 0.05) is 5.69 Å². The predicted molar refractivity (Wildman–Crippen MR) is 92.5 cm³/mol. The standard InChI is InChI=1S/C18H17ClF3NO4/c1-3-15(24)23(17(2,16(25)26)11-6-4-5-7-11)12-8-9-14(13(19)10-12)27-18(20,21)22/h1,8-11H,4-7H2,2H3,(H,25,26). The molecule has 9 heteroatoms. The van der Waals surface area contributed by atoms with Gasteiger partial charge in [0.05, 0.1) is 5.02 Å². The molecule has 1 saturated carbocycles. The van der Waals surface area contributed by atoms with Crippen molar-refractivity contribution in [2.45, 2.75) is 44.5 Å². The fourth-order valence-corrected chi connectivity index (χ4v) is 3.65. The lowest BCUT2D eigenvalue weighted by Crippen LogP contribution is -2.59. The monoisotopic (exact) mass is 403 g/mol. The molecule has 146 valence electrons. The smallest absolute Gasteiger partial charge is 0.479 e. The van der Waals surface area contributed by atoms with E-state index in [1.54, 1.807) is 0 Å². The zero-order chi connectivity index (χ0) is 20.4. The number of alkyl halides is 3. The van der Waals surface area contributed by atoms with E-state index < -0.39 is 34.5 Å². The van der Waals surface area contributed by atoms with Gasteiger partial charge in [-0.15, -0.1) is 19.6 Å². The third-order valence-corrected chi connectivity index (χ3v) is 5.07. The molecule has 5 nitrogen and oxygen atoms in total. The van der Waals surface area contributed by atoms with Crippen LogP contribution >= 0.6 is 11.6 Å². The number of ether oxygens (including phenoxy) is 1. The van der Waals surface area contributed by atoms with E-state index in [0.29, 0.717) is 12.8 Å². The van der Waals surface area contributed by atoms with Crippen molar-refractivity contribution >= 4 is 29.2 Å². The molecule has 0 saturated heterocycles.